The summed E-state index contributed by atoms with van der Waals surface area (Å²) in [6.45, 7) is 1.19. The van der Waals surface area contributed by atoms with Gasteiger partial charge in [-0.3, -0.25) is 0 Å². The van der Waals surface area contributed by atoms with Gasteiger partial charge in [-0.2, -0.15) is 13.2 Å². The van der Waals surface area contributed by atoms with Gasteiger partial charge in [0.05, 0.1) is 25.4 Å². The van der Waals surface area contributed by atoms with Crippen molar-refractivity contribution in [2.24, 2.45) is 5.73 Å². The molecule has 3 rings (SSSR count). The summed E-state index contributed by atoms with van der Waals surface area (Å²) < 4.78 is 51.0. The molecule has 0 bridgehead atoms. The minimum absolute atomic E-state index is 0.0559. The molecule has 26 heavy (non-hydrogen) atoms. The molecular formula is C19H19BrF3NO2. The van der Waals surface area contributed by atoms with Gasteiger partial charge in [0.25, 0.3) is 0 Å². The number of rotatable bonds is 6. The SMILES string of the molecule is NCCC1(COCc2cc(Br)cc(C(F)(F)F)c2)OCc2ccccc21. The average Bonchev–Trinajstić information content (AvgIpc) is 2.93. The largest absolute Gasteiger partial charge is 0.416 e. The summed E-state index contributed by atoms with van der Waals surface area (Å²) in [7, 11) is 0. The quantitative estimate of drug-likeness (QED) is 0.719. The maximum absolute atomic E-state index is 12.9. The van der Waals surface area contributed by atoms with Crippen LogP contribution in [0.3, 0.4) is 0 Å². The van der Waals surface area contributed by atoms with Crippen molar-refractivity contribution in [2.45, 2.75) is 31.4 Å². The van der Waals surface area contributed by atoms with Crippen LogP contribution in [0.25, 0.3) is 0 Å². The van der Waals surface area contributed by atoms with Gasteiger partial charge in [0.2, 0.25) is 0 Å². The molecule has 1 aliphatic rings. The van der Waals surface area contributed by atoms with Crippen molar-refractivity contribution >= 4 is 15.9 Å². The zero-order valence-corrected chi connectivity index (χ0v) is 15.6. The predicted octanol–water partition coefficient (Wildman–Crippen LogP) is 4.76. The van der Waals surface area contributed by atoms with E-state index in [4.69, 9.17) is 15.2 Å². The molecule has 0 radical (unpaired) electrons. The lowest BCUT2D eigenvalue weighted by atomic mass is 9.90. The highest BCUT2D eigenvalue weighted by molar-refractivity contribution is 9.10. The number of nitrogens with two attached hydrogens (primary N) is 1. The Labute approximate surface area is 158 Å². The first kappa shape index (κ1) is 19.4. The Bertz CT molecular complexity index is 778. The lowest BCUT2D eigenvalue weighted by Gasteiger charge is -2.29. The molecule has 0 saturated carbocycles. The van der Waals surface area contributed by atoms with Gasteiger partial charge >= 0.3 is 6.18 Å². The van der Waals surface area contributed by atoms with Gasteiger partial charge in [0.15, 0.2) is 0 Å². The summed E-state index contributed by atoms with van der Waals surface area (Å²) in [5, 5.41) is 0. The molecule has 1 atom stereocenters. The van der Waals surface area contributed by atoms with Crippen LogP contribution < -0.4 is 5.73 Å². The minimum atomic E-state index is -4.40. The molecule has 0 saturated heterocycles. The molecule has 7 heteroatoms. The van der Waals surface area contributed by atoms with Gasteiger partial charge < -0.3 is 15.2 Å². The number of alkyl halides is 3. The highest BCUT2D eigenvalue weighted by atomic mass is 79.9. The van der Waals surface area contributed by atoms with Crippen LogP contribution in [0.1, 0.15) is 28.7 Å². The first-order valence-electron chi connectivity index (χ1n) is 8.21. The molecule has 140 valence electrons. The van der Waals surface area contributed by atoms with E-state index in [0.717, 1.165) is 23.3 Å². The second-order valence-electron chi connectivity index (χ2n) is 6.32. The monoisotopic (exact) mass is 429 g/mol. The fourth-order valence-corrected chi connectivity index (χ4v) is 3.79. The number of benzene rings is 2. The zero-order valence-electron chi connectivity index (χ0n) is 14.0. The maximum Gasteiger partial charge on any atom is 0.416 e. The van der Waals surface area contributed by atoms with Crippen LogP contribution in [-0.4, -0.2) is 13.2 Å². The molecule has 0 aromatic heterocycles. The van der Waals surface area contributed by atoms with Crippen LogP contribution >= 0.6 is 15.9 Å². The summed E-state index contributed by atoms with van der Waals surface area (Å²) in [6, 6.07) is 11.6. The summed E-state index contributed by atoms with van der Waals surface area (Å²) in [4.78, 5) is 0. The van der Waals surface area contributed by atoms with Crippen LogP contribution in [-0.2, 0) is 34.5 Å². The van der Waals surface area contributed by atoms with Gasteiger partial charge in [-0.1, -0.05) is 40.2 Å². The van der Waals surface area contributed by atoms with Crippen molar-refractivity contribution < 1.29 is 22.6 Å². The minimum Gasteiger partial charge on any atom is -0.373 e. The average molecular weight is 430 g/mol. The Balaban J connectivity index is 1.74. The van der Waals surface area contributed by atoms with E-state index in [-0.39, 0.29) is 13.2 Å². The first-order chi connectivity index (χ1) is 12.3. The third-order valence-electron chi connectivity index (χ3n) is 4.45. The summed E-state index contributed by atoms with van der Waals surface area (Å²) >= 11 is 3.12. The Kier molecular flexibility index (Phi) is 5.72. The van der Waals surface area contributed by atoms with Crippen LogP contribution in [0, 0.1) is 0 Å². The summed E-state index contributed by atoms with van der Waals surface area (Å²) in [5.41, 5.74) is 6.97. The van der Waals surface area contributed by atoms with Crippen molar-refractivity contribution in [1.29, 1.82) is 0 Å². The molecule has 1 aliphatic heterocycles. The van der Waals surface area contributed by atoms with Crippen molar-refractivity contribution in [3.8, 4) is 0 Å². The topological polar surface area (TPSA) is 44.5 Å². The smallest absolute Gasteiger partial charge is 0.373 e. The third kappa shape index (κ3) is 4.11. The van der Waals surface area contributed by atoms with E-state index in [1.165, 1.54) is 0 Å². The number of ether oxygens (including phenoxy) is 2. The van der Waals surface area contributed by atoms with E-state index >= 15 is 0 Å². The molecule has 0 fully saturated rings. The highest BCUT2D eigenvalue weighted by Crippen LogP contribution is 2.39. The van der Waals surface area contributed by atoms with E-state index in [1.807, 2.05) is 24.3 Å². The molecule has 1 heterocycles. The molecule has 2 aromatic carbocycles. The van der Waals surface area contributed by atoms with E-state index in [9.17, 15) is 13.2 Å². The molecule has 0 amide bonds. The molecular weight excluding hydrogens is 411 g/mol. The number of hydrogen-bond donors (Lipinski definition) is 1. The number of halogens is 4. The zero-order chi connectivity index (χ0) is 18.8. The molecule has 3 nitrogen and oxygen atoms in total. The van der Waals surface area contributed by atoms with E-state index in [1.54, 1.807) is 6.07 Å². The van der Waals surface area contributed by atoms with Crippen molar-refractivity contribution in [1.82, 2.24) is 0 Å². The maximum atomic E-state index is 12.9. The van der Waals surface area contributed by atoms with Gasteiger partial charge in [-0.15, -0.1) is 0 Å². The van der Waals surface area contributed by atoms with E-state index in [2.05, 4.69) is 15.9 Å². The fourth-order valence-electron chi connectivity index (χ4n) is 3.25. The van der Waals surface area contributed by atoms with Gasteiger partial charge in [-0.05, 0) is 47.9 Å². The first-order valence-corrected chi connectivity index (χ1v) is 9.00. The van der Waals surface area contributed by atoms with Crippen LogP contribution in [0.15, 0.2) is 46.9 Å². The normalized spacial score (nSPS) is 19.6. The van der Waals surface area contributed by atoms with Crippen molar-refractivity contribution in [2.75, 3.05) is 13.2 Å². The Morgan fingerprint density at radius 2 is 1.96 bits per heavy atom. The molecule has 0 spiro atoms. The summed E-state index contributed by atoms with van der Waals surface area (Å²) in [6.07, 6.45) is -3.82. The van der Waals surface area contributed by atoms with E-state index < -0.39 is 17.3 Å². The van der Waals surface area contributed by atoms with Crippen molar-refractivity contribution in [3.05, 3.63) is 69.2 Å². The number of hydrogen-bond acceptors (Lipinski definition) is 3. The Morgan fingerprint density at radius 1 is 1.19 bits per heavy atom. The van der Waals surface area contributed by atoms with Gasteiger partial charge in [0, 0.05) is 4.47 Å². The molecule has 0 aliphatic carbocycles. The van der Waals surface area contributed by atoms with Crippen LogP contribution in [0.5, 0.6) is 0 Å². The predicted molar refractivity (Wildman–Crippen MR) is 95.4 cm³/mol. The lowest BCUT2D eigenvalue weighted by Crippen LogP contribution is -2.34. The standard InChI is InChI=1S/C19H19BrF3NO2/c20-16-8-13(7-15(9-16)19(21,22)23)10-25-12-18(5-6-24)17-4-2-1-3-14(17)11-26-18/h1-4,7-9H,5-6,10-12,24H2. The molecule has 2 N–H and O–H groups in total. The summed E-state index contributed by atoms with van der Waals surface area (Å²) in [5.74, 6) is 0. The van der Waals surface area contributed by atoms with Crippen molar-refractivity contribution in [3.63, 3.8) is 0 Å². The van der Waals surface area contributed by atoms with Gasteiger partial charge in [-0.25, -0.2) is 0 Å². The second-order valence-corrected chi connectivity index (χ2v) is 7.23. The highest BCUT2D eigenvalue weighted by Gasteiger charge is 2.39. The number of fused-ring (bicyclic) bond motifs is 1. The van der Waals surface area contributed by atoms with Gasteiger partial charge in [0.1, 0.15) is 5.60 Å². The Hall–Kier alpha value is -1.41. The molecule has 1 unspecified atom stereocenters. The third-order valence-corrected chi connectivity index (χ3v) is 4.91. The lowest BCUT2D eigenvalue weighted by molar-refractivity contribution is -0.137. The van der Waals surface area contributed by atoms with E-state index in [0.29, 0.717) is 29.6 Å². The second kappa shape index (κ2) is 7.68. The Morgan fingerprint density at radius 3 is 2.69 bits per heavy atom. The molecule has 2 aromatic rings. The van der Waals surface area contributed by atoms with Crippen LogP contribution in [0.2, 0.25) is 0 Å². The van der Waals surface area contributed by atoms with Crippen LogP contribution in [0.4, 0.5) is 13.2 Å². The fraction of sp³-hybridized carbons (Fsp3) is 0.368.